The summed E-state index contributed by atoms with van der Waals surface area (Å²) in [5.74, 6) is -0.0813. The molecule has 0 saturated carbocycles. The molecule has 0 bridgehead atoms. The third-order valence-electron chi connectivity index (χ3n) is 3.68. The first-order valence-electron chi connectivity index (χ1n) is 7.33. The Morgan fingerprint density at radius 2 is 1.78 bits per heavy atom. The number of nitrogens with zero attached hydrogens (tertiary/aromatic N) is 1. The fourth-order valence-corrected chi connectivity index (χ4v) is 2.80. The average Bonchev–Trinajstić information content (AvgIpc) is 2.91. The van der Waals surface area contributed by atoms with Crippen molar-refractivity contribution in [3.8, 4) is 0 Å². The second-order valence-corrected chi connectivity index (χ2v) is 6.19. The van der Waals surface area contributed by atoms with Crippen LogP contribution in [0.5, 0.6) is 0 Å². The van der Waals surface area contributed by atoms with E-state index < -0.39 is 6.04 Å². The monoisotopic (exact) mass is 373 g/mol. The van der Waals surface area contributed by atoms with E-state index in [0.29, 0.717) is 18.7 Å². The van der Waals surface area contributed by atoms with Gasteiger partial charge < -0.3 is 15.5 Å². The number of rotatable bonds is 3. The van der Waals surface area contributed by atoms with Gasteiger partial charge in [0, 0.05) is 22.4 Å². The van der Waals surface area contributed by atoms with Crippen molar-refractivity contribution < 1.29 is 9.59 Å². The van der Waals surface area contributed by atoms with E-state index >= 15 is 0 Å². The summed E-state index contributed by atoms with van der Waals surface area (Å²) in [4.78, 5) is 26.2. The minimum Gasteiger partial charge on any atom is -0.326 e. The van der Waals surface area contributed by atoms with Gasteiger partial charge >= 0.3 is 6.03 Å². The van der Waals surface area contributed by atoms with Crippen molar-refractivity contribution in [1.29, 1.82) is 0 Å². The van der Waals surface area contributed by atoms with Crippen LogP contribution < -0.4 is 15.5 Å². The standard InChI is InChI=1S/C17H16BrN3O2/c18-12-6-8-13(9-7-12)19-17(23)20-15-10-11-21(16(15)22)14-4-2-1-3-5-14/h1-9,15H,10-11H2,(H2,19,20,23)/t15-/m0/s1. The smallest absolute Gasteiger partial charge is 0.319 e. The van der Waals surface area contributed by atoms with Crippen molar-refractivity contribution >= 4 is 39.2 Å². The number of hydrogen-bond donors (Lipinski definition) is 2. The topological polar surface area (TPSA) is 61.4 Å². The highest BCUT2D eigenvalue weighted by atomic mass is 79.9. The van der Waals surface area contributed by atoms with Crippen molar-refractivity contribution in [2.45, 2.75) is 12.5 Å². The van der Waals surface area contributed by atoms with Crippen LogP contribution in [0.15, 0.2) is 59.1 Å². The summed E-state index contributed by atoms with van der Waals surface area (Å²) in [6.07, 6.45) is 0.599. The van der Waals surface area contributed by atoms with Crippen LogP contribution in [0.25, 0.3) is 0 Å². The summed E-state index contributed by atoms with van der Waals surface area (Å²) >= 11 is 3.34. The molecule has 0 aromatic heterocycles. The molecule has 1 saturated heterocycles. The van der Waals surface area contributed by atoms with Crippen LogP contribution in [0.2, 0.25) is 0 Å². The van der Waals surface area contributed by atoms with Crippen molar-refractivity contribution in [1.82, 2.24) is 5.32 Å². The number of para-hydroxylation sites is 1. The minimum atomic E-state index is -0.495. The highest BCUT2D eigenvalue weighted by molar-refractivity contribution is 9.10. The van der Waals surface area contributed by atoms with E-state index in [1.165, 1.54) is 0 Å². The lowest BCUT2D eigenvalue weighted by Gasteiger charge is -2.17. The van der Waals surface area contributed by atoms with E-state index in [2.05, 4.69) is 26.6 Å². The maximum absolute atomic E-state index is 12.4. The molecule has 2 N–H and O–H groups in total. The van der Waals surface area contributed by atoms with Crippen molar-refractivity contribution in [2.24, 2.45) is 0 Å². The van der Waals surface area contributed by atoms with Crippen LogP contribution in [0.3, 0.4) is 0 Å². The number of anilines is 2. The zero-order valence-corrected chi connectivity index (χ0v) is 13.9. The molecule has 23 heavy (non-hydrogen) atoms. The van der Waals surface area contributed by atoms with Crippen LogP contribution in [-0.2, 0) is 4.79 Å². The number of hydrogen-bond acceptors (Lipinski definition) is 2. The van der Waals surface area contributed by atoms with Crippen LogP contribution >= 0.6 is 15.9 Å². The quantitative estimate of drug-likeness (QED) is 0.866. The van der Waals surface area contributed by atoms with Crippen LogP contribution in [0.1, 0.15) is 6.42 Å². The molecule has 2 aromatic rings. The molecular weight excluding hydrogens is 358 g/mol. The lowest BCUT2D eigenvalue weighted by Crippen LogP contribution is -2.43. The number of amides is 3. The molecule has 1 fully saturated rings. The molecular formula is C17H16BrN3O2. The number of carbonyl (C=O) groups excluding carboxylic acids is 2. The molecule has 0 radical (unpaired) electrons. The van der Waals surface area contributed by atoms with Gasteiger partial charge in [0.1, 0.15) is 6.04 Å². The fourth-order valence-electron chi connectivity index (χ4n) is 2.54. The summed E-state index contributed by atoms with van der Waals surface area (Å²) in [7, 11) is 0. The molecule has 6 heteroatoms. The van der Waals surface area contributed by atoms with Crippen molar-refractivity contribution in [3.63, 3.8) is 0 Å². The summed E-state index contributed by atoms with van der Waals surface area (Å²) in [5.41, 5.74) is 1.53. The largest absolute Gasteiger partial charge is 0.326 e. The molecule has 1 heterocycles. The molecule has 0 unspecified atom stereocenters. The molecule has 1 aliphatic heterocycles. The molecule has 0 aliphatic carbocycles. The Balaban J connectivity index is 1.59. The number of nitrogens with one attached hydrogen (secondary N) is 2. The van der Waals surface area contributed by atoms with Gasteiger partial charge in [-0.1, -0.05) is 34.1 Å². The highest BCUT2D eigenvalue weighted by Gasteiger charge is 2.33. The first kappa shape index (κ1) is 15.6. The van der Waals surface area contributed by atoms with Gasteiger partial charge in [-0.25, -0.2) is 4.79 Å². The first-order chi connectivity index (χ1) is 11.1. The van der Waals surface area contributed by atoms with E-state index in [-0.39, 0.29) is 11.9 Å². The van der Waals surface area contributed by atoms with Gasteiger partial charge in [-0.2, -0.15) is 0 Å². The van der Waals surface area contributed by atoms with Gasteiger partial charge in [-0.05, 0) is 42.8 Å². The van der Waals surface area contributed by atoms with Gasteiger partial charge in [-0.15, -0.1) is 0 Å². The van der Waals surface area contributed by atoms with E-state index in [0.717, 1.165) is 10.2 Å². The molecule has 1 aliphatic rings. The Morgan fingerprint density at radius 3 is 2.48 bits per heavy atom. The molecule has 3 amide bonds. The summed E-state index contributed by atoms with van der Waals surface area (Å²) < 4.78 is 0.938. The van der Waals surface area contributed by atoms with E-state index in [9.17, 15) is 9.59 Å². The van der Waals surface area contributed by atoms with Crippen molar-refractivity contribution in [3.05, 3.63) is 59.1 Å². The van der Waals surface area contributed by atoms with E-state index in [1.807, 2.05) is 42.5 Å². The second-order valence-electron chi connectivity index (χ2n) is 5.27. The SMILES string of the molecule is O=C(Nc1ccc(Br)cc1)N[C@H]1CCN(c2ccccc2)C1=O. The predicted octanol–water partition coefficient (Wildman–Crippen LogP) is 3.38. The second kappa shape index (κ2) is 6.83. The van der Waals surface area contributed by atoms with Gasteiger partial charge in [0.15, 0.2) is 0 Å². The Bertz CT molecular complexity index is 704. The lowest BCUT2D eigenvalue weighted by atomic mass is 10.2. The minimum absolute atomic E-state index is 0.0813. The zero-order chi connectivity index (χ0) is 16.2. The number of carbonyl (C=O) groups is 2. The Hall–Kier alpha value is -2.34. The number of urea groups is 1. The summed E-state index contributed by atoms with van der Waals surface area (Å²) in [6.45, 7) is 0.603. The molecule has 3 rings (SSSR count). The Kier molecular flexibility index (Phi) is 4.62. The zero-order valence-electron chi connectivity index (χ0n) is 12.3. The van der Waals surface area contributed by atoms with Gasteiger partial charge in [0.25, 0.3) is 0 Å². The van der Waals surface area contributed by atoms with Crippen LogP contribution in [0.4, 0.5) is 16.2 Å². The highest BCUT2D eigenvalue weighted by Crippen LogP contribution is 2.21. The third-order valence-corrected chi connectivity index (χ3v) is 4.21. The van der Waals surface area contributed by atoms with Gasteiger partial charge in [0.2, 0.25) is 5.91 Å². The van der Waals surface area contributed by atoms with Gasteiger partial charge in [-0.3, -0.25) is 4.79 Å². The summed E-state index contributed by atoms with van der Waals surface area (Å²) in [5, 5.41) is 5.47. The predicted molar refractivity (Wildman–Crippen MR) is 93.5 cm³/mol. The molecule has 118 valence electrons. The van der Waals surface area contributed by atoms with E-state index in [4.69, 9.17) is 0 Å². The number of halogens is 1. The van der Waals surface area contributed by atoms with Crippen LogP contribution in [0, 0.1) is 0 Å². The average molecular weight is 374 g/mol. The molecule has 0 spiro atoms. The fraction of sp³-hybridized carbons (Fsp3) is 0.176. The molecule has 1 atom stereocenters. The maximum Gasteiger partial charge on any atom is 0.319 e. The lowest BCUT2D eigenvalue weighted by molar-refractivity contribution is -0.118. The van der Waals surface area contributed by atoms with Crippen molar-refractivity contribution in [2.75, 3.05) is 16.8 Å². The Morgan fingerprint density at radius 1 is 1.09 bits per heavy atom. The van der Waals surface area contributed by atoms with E-state index in [1.54, 1.807) is 17.0 Å². The molecule has 5 nitrogen and oxygen atoms in total. The summed E-state index contributed by atoms with van der Waals surface area (Å²) in [6, 6.07) is 15.9. The Labute approximate surface area is 142 Å². The normalized spacial score (nSPS) is 17.2. The van der Waals surface area contributed by atoms with Gasteiger partial charge in [0.05, 0.1) is 0 Å². The number of benzene rings is 2. The first-order valence-corrected chi connectivity index (χ1v) is 8.12. The van der Waals surface area contributed by atoms with Crippen LogP contribution in [-0.4, -0.2) is 24.5 Å². The maximum atomic E-state index is 12.4. The third kappa shape index (κ3) is 3.71. The molecule has 2 aromatic carbocycles.